The summed E-state index contributed by atoms with van der Waals surface area (Å²) in [6.45, 7) is 1.78. The van der Waals surface area contributed by atoms with Crippen molar-refractivity contribution < 1.29 is 4.39 Å². The third-order valence-corrected chi connectivity index (χ3v) is 2.73. The third kappa shape index (κ3) is 2.68. The second kappa shape index (κ2) is 4.63. The van der Waals surface area contributed by atoms with Gasteiger partial charge in [-0.3, -0.25) is 9.78 Å². The van der Waals surface area contributed by atoms with Crippen LogP contribution in [0.25, 0.3) is 0 Å². The lowest BCUT2D eigenvalue weighted by molar-refractivity contribution is 0.626. The molecule has 0 aliphatic carbocycles. The van der Waals surface area contributed by atoms with Crippen molar-refractivity contribution in [3.8, 4) is 0 Å². The molecule has 1 aromatic heterocycles. The highest BCUT2D eigenvalue weighted by Gasteiger charge is 2.06. The van der Waals surface area contributed by atoms with Crippen molar-refractivity contribution in [2.75, 3.05) is 0 Å². The molecule has 0 radical (unpaired) electrons. The molecule has 1 aromatic carbocycles. The number of hydrogen-bond donors (Lipinski definition) is 2. The van der Waals surface area contributed by atoms with E-state index < -0.39 is 0 Å². The molecule has 0 fully saturated rings. The van der Waals surface area contributed by atoms with Crippen molar-refractivity contribution in [3.05, 3.63) is 62.0 Å². The molecule has 5 heteroatoms. The maximum atomic E-state index is 13.0. The van der Waals surface area contributed by atoms with Crippen LogP contribution in [0.3, 0.4) is 0 Å². The zero-order chi connectivity index (χ0) is 12.4. The maximum Gasteiger partial charge on any atom is 0.255 e. The third-order valence-electron chi connectivity index (χ3n) is 2.52. The van der Waals surface area contributed by atoms with Crippen molar-refractivity contribution in [1.82, 2.24) is 9.97 Å². The summed E-state index contributed by atoms with van der Waals surface area (Å²) in [5, 5.41) is 0. The first kappa shape index (κ1) is 11.7. The van der Waals surface area contributed by atoms with Crippen LogP contribution >= 0.6 is 12.2 Å². The molecular formula is C12H11FN2OS. The van der Waals surface area contributed by atoms with E-state index in [1.165, 1.54) is 12.1 Å². The van der Waals surface area contributed by atoms with Crippen LogP contribution in [0, 0.1) is 17.5 Å². The van der Waals surface area contributed by atoms with Gasteiger partial charge in [-0.2, -0.15) is 0 Å². The van der Waals surface area contributed by atoms with E-state index in [-0.39, 0.29) is 11.4 Å². The first-order valence-corrected chi connectivity index (χ1v) is 5.53. The zero-order valence-electron chi connectivity index (χ0n) is 9.21. The fourth-order valence-electron chi connectivity index (χ4n) is 1.69. The molecule has 3 nitrogen and oxygen atoms in total. The molecule has 0 atom stereocenters. The van der Waals surface area contributed by atoms with Crippen LogP contribution in [-0.4, -0.2) is 9.97 Å². The van der Waals surface area contributed by atoms with Crippen LogP contribution in [-0.2, 0) is 6.42 Å². The average Bonchev–Trinajstić information content (AvgIpc) is 2.23. The van der Waals surface area contributed by atoms with Gasteiger partial charge in [0.05, 0.1) is 0 Å². The van der Waals surface area contributed by atoms with E-state index in [4.69, 9.17) is 12.2 Å². The molecule has 0 unspecified atom stereocenters. The highest BCUT2D eigenvalue weighted by atomic mass is 32.1. The lowest BCUT2D eigenvalue weighted by Crippen LogP contribution is -2.16. The molecule has 88 valence electrons. The molecular weight excluding hydrogens is 239 g/mol. The summed E-state index contributed by atoms with van der Waals surface area (Å²) in [7, 11) is 0. The molecule has 0 spiro atoms. The fourth-order valence-corrected chi connectivity index (χ4v) is 1.94. The lowest BCUT2D eigenvalue weighted by atomic mass is 10.1. The minimum Gasteiger partial charge on any atom is -0.336 e. The van der Waals surface area contributed by atoms with E-state index in [1.807, 2.05) is 0 Å². The zero-order valence-corrected chi connectivity index (χ0v) is 10.0. The van der Waals surface area contributed by atoms with Crippen LogP contribution < -0.4 is 5.56 Å². The number of hydrogen-bond acceptors (Lipinski definition) is 2. The Morgan fingerprint density at radius 1 is 1.35 bits per heavy atom. The predicted octanol–water partition coefficient (Wildman–Crippen LogP) is 2.47. The van der Waals surface area contributed by atoms with Gasteiger partial charge in [-0.15, -0.1) is 0 Å². The lowest BCUT2D eigenvalue weighted by Gasteiger charge is -2.04. The second-order valence-corrected chi connectivity index (χ2v) is 4.23. The SMILES string of the molecule is Cc1[nH]c(=S)[nH]c(=O)c1Cc1cccc(F)c1. The molecule has 0 aliphatic heterocycles. The number of nitrogens with one attached hydrogen (secondary N) is 2. The van der Waals surface area contributed by atoms with Gasteiger partial charge in [0.15, 0.2) is 4.77 Å². The van der Waals surface area contributed by atoms with Gasteiger partial charge in [0.2, 0.25) is 0 Å². The molecule has 17 heavy (non-hydrogen) atoms. The molecule has 0 saturated heterocycles. The van der Waals surface area contributed by atoms with E-state index in [1.54, 1.807) is 19.1 Å². The summed E-state index contributed by atoms with van der Waals surface area (Å²) in [5.41, 5.74) is 1.81. The van der Waals surface area contributed by atoms with Gasteiger partial charge in [0, 0.05) is 17.7 Å². The molecule has 0 aliphatic rings. The van der Waals surface area contributed by atoms with E-state index in [0.717, 1.165) is 5.56 Å². The minimum atomic E-state index is -0.305. The number of halogens is 1. The van der Waals surface area contributed by atoms with Crippen LogP contribution in [0.15, 0.2) is 29.1 Å². The van der Waals surface area contributed by atoms with Gasteiger partial charge >= 0.3 is 0 Å². The molecule has 2 rings (SSSR count). The largest absolute Gasteiger partial charge is 0.336 e. The van der Waals surface area contributed by atoms with Gasteiger partial charge in [0.1, 0.15) is 5.82 Å². The maximum absolute atomic E-state index is 13.0. The summed E-state index contributed by atoms with van der Waals surface area (Å²) < 4.78 is 13.3. The number of rotatable bonds is 2. The normalized spacial score (nSPS) is 10.5. The van der Waals surface area contributed by atoms with Crippen LogP contribution in [0.2, 0.25) is 0 Å². The van der Waals surface area contributed by atoms with Gasteiger partial charge in [-0.05, 0) is 36.8 Å². The summed E-state index contributed by atoms with van der Waals surface area (Å²) in [4.78, 5) is 17.1. The second-order valence-electron chi connectivity index (χ2n) is 3.82. The molecule has 0 bridgehead atoms. The highest BCUT2D eigenvalue weighted by molar-refractivity contribution is 7.71. The van der Waals surface area contributed by atoms with E-state index in [0.29, 0.717) is 22.4 Å². The van der Waals surface area contributed by atoms with Crippen molar-refractivity contribution in [2.45, 2.75) is 13.3 Å². The summed E-state index contributed by atoms with van der Waals surface area (Å²) in [5.74, 6) is -0.305. The number of aromatic amines is 2. The fraction of sp³-hybridized carbons (Fsp3) is 0.167. The van der Waals surface area contributed by atoms with Gasteiger partial charge in [-0.25, -0.2) is 4.39 Å². The topological polar surface area (TPSA) is 48.6 Å². The van der Waals surface area contributed by atoms with E-state index in [2.05, 4.69) is 9.97 Å². The standard InChI is InChI=1S/C12H11FN2OS/c1-7-10(11(16)15-12(17)14-7)6-8-3-2-4-9(13)5-8/h2-5H,6H2,1H3,(H2,14,15,16,17). The Kier molecular flexibility index (Phi) is 3.19. The summed E-state index contributed by atoms with van der Waals surface area (Å²) >= 11 is 4.86. The summed E-state index contributed by atoms with van der Waals surface area (Å²) in [6.07, 6.45) is 0.380. The first-order chi connectivity index (χ1) is 8.06. The molecule has 2 N–H and O–H groups in total. The monoisotopic (exact) mass is 250 g/mol. The first-order valence-electron chi connectivity index (χ1n) is 5.13. The van der Waals surface area contributed by atoms with Crippen molar-refractivity contribution in [3.63, 3.8) is 0 Å². The Labute approximate surface area is 102 Å². The van der Waals surface area contributed by atoms with Crippen molar-refractivity contribution in [2.24, 2.45) is 0 Å². The van der Waals surface area contributed by atoms with Crippen molar-refractivity contribution in [1.29, 1.82) is 0 Å². The van der Waals surface area contributed by atoms with Crippen LogP contribution in [0.1, 0.15) is 16.8 Å². The predicted molar refractivity (Wildman–Crippen MR) is 66.2 cm³/mol. The van der Waals surface area contributed by atoms with Crippen molar-refractivity contribution >= 4 is 12.2 Å². The number of H-pyrrole nitrogens is 2. The Balaban J connectivity index is 2.43. The Morgan fingerprint density at radius 2 is 2.12 bits per heavy atom. The van der Waals surface area contributed by atoms with Crippen LogP contribution in [0.4, 0.5) is 4.39 Å². The number of benzene rings is 1. The van der Waals surface area contributed by atoms with Crippen LogP contribution in [0.5, 0.6) is 0 Å². The van der Waals surface area contributed by atoms with E-state index in [9.17, 15) is 9.18 Å². The minimum absolute atomic E-state index is 0.226. The Morgan fingerprint density at radius 3 is 2.76 bits per heavy atom. The van der Waals surface area contributed by atoms with Gasteiger partial charge in [-0.1, -0.05) is 12.1 Å². The molecule has 2 aromatic rings. The quantitative estimate of drug-likeness (QED) is 0.804. The smallest absolute Gasteiger partial charge is 0.255 e. The summed E-state index contributed by atoms with van der Waals surface area (Å²) in [6, 6.07) is 6.20. The Bertz CT molecular complexity index is 660. The van der Waals surface area contributed by atoms with Gasteiger partial charge < -0.3 is 4.98 Å². The Hall–Kier alpha value is -1.75. The average molecular weight is 250 g/mol. The number of aromatic nitrogens is 2. The molecule has 0 saturated carbocycles. The molecule has 1 heterocycles. The number of aryl methyl sites for hydroxylation is 1. The highest BCUT2D eigenvalue weighted by Crippen LogP contribution is 2.09. The molecule has 0 amide bonds. The van der Waals surface area contributed by atoms with Gasteiger partial charge in [0.25, 0.3) is 5.56 Å². The van der Waals surface area contributed by atoms with E-state index >= 15 is 0 Å².